The number of rotatable bonds is 1. The zero-order valence-corrected chi connectivity index (χ0v) is 8.44. The summed E-state index contributed by atoms with van der Waals surface area (Å²) in [5.74, 6) is 0. The van der Waals surface area contributed by atoms with Crippen molar-refractivity contribution in [1.29, 1.82) is 0 Å². The number of aryl methyl sites for hydroxylation is 1. The summed E-state index contributed by atoms with van der Waals surface area (Å²) >= 11 is 0. The maximum atomic E-state index is 4.52. The van der Waals surface area contributed by atoms with Gasteiger partial charge in [-0.3, -0.25) is 4.68 Å². The smallest absolute Gasteiger partial charge is 0.116 e. The number of aromatic nitrogens is 3. The van der Waals surface area contributed by atoms with Crippen LogP contribution >= 0.6 is 0 Å². The highest BCUT2D eigenvalue weighted by molar-refractivity contribution is 5.92. The predicted molar refractivity (Wildman–Crippen MR) is 60.5 cm³/mol. The van der Waals surface area contributed by atoms with E-state index in [0.717, 1.165) is 16.9 Å². The van der Waals surface area contributed by atoms with Gasteiger partial charge in [0.1, 0.15) is 5.69 Å². The van der Waals surface area contributed by atoms with Crippen molar-refractivity contribution in [1.82, 2.24) is 14.8 Å². The molecule has 1 N–H and O–H groups in total. The van der Waals surface area contributed by atoms with Gasteiger partial charge in [-0.1, -0.05) is 18.2 Å². The van der Waals surface area contributed by atoms with E-state index in [0.29, 0.717) is 0 Å². The Kier molecular flexibility index (Phi) is 1.65. The summed E-state index contributed by atoms with van der Waals surface area (Å²) in [6.45, 7) is 0. The van der Waals surface area contributed by atoms with Crippen molar-refractivity contribution in [2.24, 2.45) is 7.05 Å². The van der Waals surface area contributed by atoms with Gasteiger partial charge in [-0.25, -0.2) is 0 Å². The molecule has 1 aromatic carbocycles. The molecule has 0 unspecified atom stereocenters. The first-order valence-corrected chi connectivity index (χ1v) is 4.92. The third-order valence-electron chi connectivity index (χ3n) is 2.61. The number of benzene rings is 1. The standard InChI is InChI=1S/C12H11N3/c1-15-11-7-3-2-5-9(11)12(14-15)10-6-4-8-13-10/h2-8,13H,1H3. The number of hydrogen-bond donors (Lipinski definition) is 1. The topological polar surface area (TPSA) is 33.6 Å². The van der Waals surface area contributed by atoms with Crippen LogP contribution in [0.5, 0.6) is 0 Å². The van der Waals surface area contributed by atoms with Crippen LogP contribution < -0.4 is 0 Å². The summed E-state index contributed by atoms with van der Waals surface area (Å²) in [6, 6.07) is 12.3. The van der Waals surface area contributed by atoms with Crippen molar-refractivity contribution >= 4 is 10.9 Å². The molecule has 0 saturated carbocycles. The normalized spacial score (nSPS) is 11.0. The molecule has 0 bridgehead atoms. The Morgan fingerprint density at radius 2 is 2.00 bits per heavy atom. The second-order valence-electron chi connectivity index (χ2n) is 3.57. The van der Waals surface area contributed by atoms with Gasteiger partial charge >= 0.3 is 0 Å². The lowest BCUT2D eigenvalue weighted by molar-refractivity contribution is 0.799. The highest BCUT2D eigenvalue weighted by Crippen LogP contribution is 2.25. The largest absolute Gasteiger partial charge is 0.360 e. The van der Waals surface area contributed by atoms with Gasteiger partial charge in [-0.2, -0.15) is 5.10 Å². The van der Waals surface area contributed by atoms with E-state index < -0.39 is 0 Å². The van der Waals surface area contributed by atoms with Crippen molar-refractivity contribution in [3.8, 4) is 11.4 Å². The molecule has 2 aromatic heterocycles. The summed E-state index contributed by atoms with van der Waals surface area (Å²) in [5.41, 5.74) is 3.23. The van der Waals surface area contributed by atoms with Crippen molar-refractivity contribution in [2.75, 3.05) is 0 Å². The van der Waals surface area contributed by atoms with Crippen LogP contribution in [0.25, 0.3) is 22.3 Å². The molecule has 0 atom stereocenters. The lowest BCUT2D eigenvalue weighted by atomic mass is 10.2. The van der Waals surface area contributed by atoms with Crippen LogP contribution in [0.1, 0.15) is 0 Å². The molecule has 0 radical (unpaired) electrons. The average Bonchev–Trinajstić information content (AvgIpc) is 2.87. The molecule has 0 aliphatic rings. The summed E-state index contributed by atoms with van der Waals surface area (Å²) in [6.07, 6.45) is 1.92. The number of nitrogens with one attached hydrogen (secondary N) is 1. The molecule has 0 amide bonds. The van der Waals surface area contributed by atoms with Crippen LogP contribution in [0.15, 0.2) is 42.6 Å². The Hall–Kier alpha value is -2.03. The van der Waals surface area contributed by atoms with Gasteiger partial charge in [-0.15, -0.1) is 0 Å². The molecule has 0 fully saturated rings. The number of aromatic amines is 1. The van der Waals surface area contributed by atoms with E-state index >= 15 is 0 Å². The fourth-order valence-corrected chi connectivity index (χ4v) is 1.89. The molecule has 3 nitrogen and oxygen atoms in total. The highest BCUT2D eigenvalue weighted by atomic mass is 15.3. The lowest BCUT2D eigenvalue weighted by Gasteiger charge is -1.91. The number of hydrogen-bond acceptors (Lipinski definition) is 1. The highest BCUT2D eigenvalue weighted by Gasteiger charge is 2.09. The number of nitrogens with zero attached hydrogens (tertiary/aromatic N) is 2. The van der Waals surface area contributed by atoms with Gasteiger partial charge in [0.2, 0.25) is 0 Å². The van der Waals surface area contributed by atoms with Gasteiger partial charge in [0.05, 0.1) is 11.2 Å². The van der Waals surface area contributed by atoms with E-state index in [2.05, 4.69) is 22.2 Å². The SMILES string of the molecule is Cn1nc(-c2ccc[nH]2)c2ccccc21. The minimum Gasteiger partial charge on any atom is -0.360 e. The van der Waals surface area contributed by atoms with Gasteiger partial charge in [-0.05, 0) is 18.2 Å². The van der Waals surface area contributed by atoms with Crippen LogP contribution in [0.4, 0.5) is 0 Å². The van der Waals surface area contributed by atoms with E-state index in [4.69, 9.17) is 0 Å². The molecular formula is C12H11N3. The molecule has 0 aliphatic carbocycles. The Labute approximate surface area is 87.4 Å². The first-order chi connectivity index (χ1) is 7.36. The van der Waals surface area contributed by atoms with E-state index in [9.17, 15) is 0 Å². The van der Waals surface area contributed by atoms with E-state index in [1.807, 2.05) is 42.2 Å². The molecule has 3 heteroatoms. The molecule has 3 aromatic rings. The van der Waals surface area contributed by atoms with Crippen molar-refractivity contribution < 1.29 is 0 Å². The third-order valence-corrected chi connectivity index (χ3v) is 2.61. The van der Waals surface area contributed by atoms with Crippen molar-refractivity contribution in [2.45, 2.75) is 0 Å². The Balaban J connectivity index is 2.37. The quantitative estimate of drug-likeness (QED) is 0.639. The molecule has 0 aliphatic heterocycles. The summed E-state index contributed by atoms with van der Waals surface area (Å²) in [4.78, 5) is 3.18. The number of fused-ring (bicyclic) bond motifs is 1. The van der Waals surface area contributed by atoms with Crippen molar-refractivity contribution in [3.05, 3.63) is 42.6 Å². The second-order valence-corrected chi connectivity index (χ2v) is 3.57. The van der Waals surface area contributed by atoms with Gasteiger partial charge in [0, 0.05) is 18.6 Å². The summed E-state index contributed by atoms with van der Waals surface area (Å²) in [7, 11) is 1.97. The molecular weight excluding hydrogens is 186 g/mol. The maximum Gasteiger partial charge on any atom is 0.116 e. The number of para-hydroxylation sites is 1. The van der Waals surface area contributed by atoms with Crippen LogP contribution in [-0.2, 0) is 7.05 Å². The Bertz CT molecular complexity index is 590. The Morgan fingerprint density at radius 1 is 1.13 bits per heavy atom. The predicted octanol–water partition coefficient (Wildman–Crippen LogP) is 2.57. The van der Waals surface area contributed by atoms with Crippen LogP contribution in [0.2, 0.25) is 0 Å². The first-order valence-electron chi connectivity index (χ1n) is 4.92. The van der Waals surface area contributed by atoms with E-state index in [1.165, 1.54) is 5.39 Å². The monoisotopic (exact) mass is 197 g/mol. The molecule has 74 valence electrons. The zero-order chi connectivity index (χ0) is 10.3. The third kappa shape index (κ3) is 1.16. The number of H-pyrrole nitrogens is 1. The fourth-order valence-electron chi connectivity index (χ4n) is 1.89. The molecule has 3 rings (SSSR count). The second kappa shape index (κ2) is 2.98. The first kappa shape index (κ1) is 8.29. The van der Waals surface area contributed by atoms with Crippen molar-refractivity contribution in [3.63, 3.8) is 0 Å². The molecule has 15 heavy (non-hydrogen) atoms. The summed E-state index contributed by atoms with van der Waals surface area (Å²) < 4.78 is 1.91. The lowest BCUT2D eigenvalue weighted by Crippen LogP contribution is -1.89. The zero-order valence-electron chi connectivity index (χ0n) is 8.44. The fraction of sp³-hybridized carbons (Fsp3) is 0.0833. The summed E-state index contributed by atoms with van der Waals surface area (Å²) in [5, 5.41) is 5.70. The average molecular weight is 197 g/mol. The molecule has 2 heterocycles. The molecule has 0 spiro atoms. The minimum absolute atomic E-state index is 1.01. The van der Waals surface area contributed by atoms with E-state index in [1.54, 1.807) is 0 Å². The van der Waals surface area contributed by atoms with Crippen LogP contribution in [0, 0.1) is 0 Å². The van der Waals surface area contributed by atoms with E-state index in [-0.39, 0.29) is 0 Å². The van der Waals surface area contributed by atoms with Gasteiger partial charge in [0.25, 0.3) is 0 Å². The van der Waals surface area contributed by atoms with Crippen LogP contribution in [0.3, 0.4) is 0 Å². The van der Waals surface area contributed by atoms with Gasteiger partial charge in [0.15, 0.2) is 0 Å². The Morgan fingerprint density at radius 3 is 2.80 bits per heavy atom. The maximum absolute atomic E-state index is 4.52. The van der Waals surface area contributed by atoms with Gasteiger partial charge < -0.3 is 4.98 Å². The van der Waals surface area contributed by atoms with Crippen LogP contribution in [-0.4, -0.2) is 14.8 Å². The minimum atomic E-state index is 1.01. The molecule has 0 saturated heterocycles.